The molecule has 0 N–H and O–H groups in total. The van der Waals surface area contributed by atoms with Crippen molar-refractivity contribution in [2.45, 2.75) is 13.8 Å². The Morgan fingerprint density at radius 2 is 1.17 bits per heavy atom. The summed E-state index contributed by atoms with van der Waals surface area (Å²) in [6.07, 6.45) is 0. The van der Waals surface area contributed by atoms with Gasteiger partial charge in [-0.05, 0) is 49.0 Å². The van der Waals surface area contributed by atoms with Crippen molar-refractivity contribution in [1.29, 1.82) is 0 Å². The fraction of sp³-hybridized carbons (Fsp3) is 0.100. The molecule has 2 nitrogen and oxygen atoms in total. The van der Waals surface area contributed by atoms with Gasteiger partial charge in [-0.25, -0.2) is 0 Å². The predicted molar refractivity (Wildman–Crippen MR) is 93.6 cm³/mol. The summed E-state index contributed by atoms with van der Waals surface area (Å²) in [5.41, 5.74) is 6.08. The van der Waals surface area contributed by atoms with Crippen LogP contribution in [-0.4, -0.2) is 6.71 Å². The van der Waals surface area contributed by atoms with Crippen molar-refractivity contribution in [3.8, 4) is 23.0 Å². The monoisotopic (exact) mass is 298 g/mol. The summed E-state index contributed by atoms with van der Waals surface area (Å²) in [6, 6.07) is 18.9. The molecule has 0 saturated heterocycles. The lowest BCUT2D eigenvalue weighted by Gasteiger charge is -2.33. The maximum Gasteiger partial charge on any atom is 0.260 e. The van der Waals surface area contributed by atoms with E-state index in [1.165, 1.54) is 22.1 Å². The first kappa shape index (κ1) is 12.8. The molecule has 0 bridgehead atoms. The van der Waals surface area contributed by atoms with E-state index in [-0.39, 0.29) is 6.71 Å². The Balaban J connectivity index is 1.86. The van der Waals surface area contributed by atoms with E-state index in [4.69, 9.17) is 9.47 Å². The van der Waals surface area contributed by atoms with Crippen LogP contribution in [0.25, 0.3) is 0 Å². The van der Waals surface area contributed by atoms with Crippen LogP contribution in [0.5, 0.6) is 23.0 Å². The summed E-state index contributed by atoms with van der Waals surface area (Å²) >= 11 is 0. The first-order valence-corrected chi connectivity index (χ1v) is 7.90. The highest BCUT2D eigenvalue weighted by Gasteiger charge is 2.39. The van der Waals surface area contributed by atoms with E-state index < -0.39 is 0 Å². The number of aryl methyl sites for hydroxylation is 2. The number of fused-ring (bicyclic) bond motifs is 4. The molecule has 23 heavy (non-hydrogen) atoms. The SMILES string of the molecule is Cc1ccc2c(c1)B1c3cc(C)ccc3Oc3cccc(c31)O2. The van der Waals surface area contributed by atoms with Crippen molar-refractivity contribution >= 4 is 23.1 Å². The molecule has 3 aromatic carbocycles. The normalized spacial score (nSPS) is 13.4. The zero-order chi connectivity index (χ0) is 15.6. The van der Waals surface area contributed by atoms with Crippen molar-refractivity contribution in [2.24, 2.45) is 0 Å². The lowest BCUT2D eigenvalue weighted by molar-refractivity contribution is 0.464. The van der Waals surface area contributed by atoms with Crippen LogP contribution < -0.4 is 25.9 Å². The molecule has 5 rings (SSSR count). The summed E-state index contributed by atoms with van der Waals surface area (Å²) in [6.45, 7) is 4.42. The first-order chi connectivity index (χ1) is 11.2. The zero-order valence-corrected chi connectivity index (χ0v) is 13.1. The van der Waals surface area contributed by atoms with Gasteiger partial charge in [-0.15, -0.1) is 0 Å². The zero-order valence-electron chi connectivity index (χ0n) is 13.1. The van der Waals surface area contributed by atoms with Crippen LogP contribution in [-0.2, 0) is 0 Å². The van der Waals surface area contributed by atoms with Gasteiger partial charge in [0.25, 0.3) is 6.71 Å². The van der Waals surface area contributed by atoms with Crippen molar-refractivity contribution in [2.75, 3.05) is 0 Å². The van der Waals surface area contributed by atoms with Crippen LogP contribution >= 0.6 is 0 Å². The number of benzene rings is 3. The van der Waals surface area contributed by atoms with Gasteiger partial charge in [-0.2, -0.15) is 0 Å². The Morgan fingerprint density at radius 3 is 1.70 bits per heavy atom. The molecular formula is C20H15BO2. The molecule has 0 unspecified atom stereocenters. The average molecular weight is 298 g/mol. The molecule has 0 spiro atoms. The number of hydrogen-bond acceptors (Lipinski definition) is 2. The minimum atomic E-state index is 0.175. The average Bonchev–Trinajstić information content (AvgIpc) is 2.55. The molecule has 0 atom stereocenters. The van der Waals surface area contributed by atoms with Gasteiger partial charge in [0.15, 0.2) is 0 Å². The fourth-order valence-electron chi connectivity index (χ4n) is 3.67. The van der Waals surface area contributed by atoms with Crippen LogP contribution in [0, 0.1) is 13.8 Å². The van der Waals surface area contributed by atoms with Gasteiger partial charge in [0.05, 0.1) is 0 Å². The molecule has 2 aliphatic heterocycles. The predicted octanol–water partition coefficient (Wildman–Crippen LogP) is 3.03. The van der Waals surface area contributed by atoms with E-state index in [9.17, 15) is 0 Å². The Hall–Kier alpha value is -2.68. The molecule has 3 aromatic rings. The van der Waals surface area contributed by atoms with E-state index in [1.54, 1.807) is 0 Å². The molecule has 2 aliphatic rings. The molecule has 0 saturated carbocycles. The number of hydrogen-bond donors (Lipinski definition) is 0. The Morgan fingerprint density at radius 1 is 0.652 bits per heavy atom. The summed E-state index contributed by atoms with van der Waals surface area (Å²) in [7, 11) is 0. The standard InChI is InChI=1S/C20H15BO2/c1-12-6-8-16-14(10-12)21-15-11-13(2)7-9-17(15)23-19-5-3-4-18(22-16)20(19)21/h3-11H,1-2H3. The summed E-state index contributed by atoms with van der Waals surface area (Å²) in [5.74, 6) is 3.69. The first-order valence-electron chi connectivity index (χ1n) is 7.90. The number of rotatable bonds is 0. The molecule has 0 aliphatic carbocycles. The molecule has 0 aromatic heterocycles. The summed E-state index contributed by atoms with van der Waals surface area (Å²) in [5, 5.41) is 0. The van der Waals surface area contributed by atoms with E-state index in [0.29, 0.717) is 0 Å². The van der Waals surface area contributed by atoms with Crippen molar-refractivity contribution in [1.82, 2.24) is 0 Å². The molecule has 2 heterocycles. The van der Waals surface area contributed by atoms with Crippen LogP contribution in [0.1, 0.15) is 11.1 Å². The third kappa shape index (κ3) is 1.77. The molecular weight excluding hydrogens is 283 g/mol. The van der Waals surface area contributed by atoms with Crippen LogP contribution in [0.15, 0.2) is 54.6 Å². The van der Waals surface area contributed by atoms with Gasteiger partial charge in [0.2, 0.25) is 0 Å². The lowest BCUT2D eigenvalue weighted by atomic mass is 9.34. The minimum Gasteiger partial charge on any atom is -0.458 e. The van der Waals surface area contributed by atoms with Gasteiger partial charge in [0, 0.05) is 5.46 Å². The van der Waals surface area contributed by atoms with Gasteiger partial charge in [-0.3, -0.25) is 0 Å². The Bertz CT molecular complexity index is 888. The lowest BCUT2D eigenvalue weighted by Crippen LogP contribution is -2.57. The van der Waals surface area contributed by atoms with Gasteiger partial charge in [0.1, 0.15) is 23.0 Å². The van der Waals surface area contributed by atoms with Crippen LogP contribution in [0.2, 0.25) is 0 Å². The van der Waals surface area contributed by atoms with E-state index in [1.807, 2.05) is 18.2 Å². The second-order valence-corrected chi connectivity index (χ2v) is 6.39. The largest absolute Gasteiger partial charge is 0.458 e. The molecule has 0 radical (unpaired) electrons. The number of ether oxygens (including phenoxy) is 2. The second-order valence-electron chi connectivity index (χ2n) is 6.39. The highest BCUT2D eigenvalue weighted by atomic mass is 16.5. The van der Waals surface area contributed by atoms with Gasteiger partial charge >= 0.3 is 0 Å². The van der Waals surface area contributed by atoms with E-state index >= 15 is 0 Å². The van der Waals surface area contributed by atoms with Gasteiger partial charge in [-0.1, -0.05) is 41.5 Å². The van der Waals surface area contributed by atoms with E-state index in [2.05, 4.69) is 50.2 Å². The maximum absolute atomic E-state index is 6.14. The van der Waals surface area contributed by atoms with Crippen molar-refractivity contribution in [3.05, 3.63) is 65.7 Å². The summed E-state index contributed by atoms with van der Waals surface area (Å²) in [4.78, 5) is 0. The molecule has 110 valence electrons. The fourth-order valence-corrected chi connectivity index (χ4v) is 3.67. The third-order valence-corrected chi connectivity index (χ3v) is 4.71. The quantitative estimate of drug-likeness (QED) is 0.409. The minimum absolute atomic E-state index is 0.175. The van der Waals surface area contributed by atoms with Crippen LogP contribution in [0.3, 0.4) is 0 Å². The van der Waals surface area contributed by atoms with Crippen molar-refractivity contribution in [3.63, 3.8) is 0 Å². The molecule has 3 heteroatoms. The Labute approximate surface area is 135 Å². The van der Waals surface area contributed by atoms with Crippen molar-refractivity contribution < 1.29 is 9.47 Å². The second kappa shape index (κ2) is 4.42. The van der Waals surface area contributed by atoms with Gasteiger partial charge < -0.3 is 9.47 Å². The third-order valence-electron chi connectivity index (χ3n) is 4.71. The highest BCUT2D eigenvalue weighted by molar-refractivity contribution is 6.98. The van der Waals surface area contributed by atoms with E-state index in [0.717, 1.165) is 28.5 Å². The van der Waals surface area contributed by atoms with Crippen LogP contribution in [0.4, 0.5) is 0 Å². The smallest absolute Gasteiger partial charge is 0.260 e. The maximum atomic E-state index is 6.14. The highest BCUT2D eigenvalue weighted by Crippen LogP contribution is 2.34. The molecule has 0 amide bonds. The molecule has 0 fully saturated rings. The topological polar surface area (TPSA) is 18.5 Å². The summed E-state index contributed by atoms with van der Waals surface area (Å²) < 4.78 is 12.3. The Kier molecular flexibility index (Phi) is 2.46.